The lowest BCUT2D eigenvalue weighted by atomic mass is 10.0. The van der Waals surface area contributed by atoms with E-state index >= 15 is 0 Å². The first kappa shape index (κ1) is 18.6. The summed E-state index contributed by atoms with van der Waals surface area (Å²) in [6.45, 7) is 8.07. The van der Waals surface area contributed by atoms with Gasteiger partial charge in [0.15, 0.2) is 0 Å². The van der Waals surface area contributed by atoms with Gasteiger partial charge in [-0.05, 0) is 49.1 Å². The molecule has 0 atom stereocenters. The van der Waals surface area contributed by atoms with Crippen LogP contribution in [0, 0.1) is 13.8 Å². The fraction of sp³-hybridized carbons (Fsp3) is 0.227. The van der Waals surface area contributed by atoms with Crippen LogP contribution in [-0.2, 0) is 0 Å². The SMILES string of the molecule is Cc1nc(Nc2ccccc2C)cc(C(=O)Nc2ccc(C(C)C)cc2)n1. The molecule has 0 aliphatic rings. The molecule has 27 heavy (non-hydrogen) atoms. The molecule has 0 fully saturated rings. The van der Waals surface area contributed by atoms with Crippen LogP contribution >= 0.6 is 0 Å². The Labute approximate surface area is 159 Å². The number of nitrogens with zero attached hydrogens (tertiary/aromatic N) is 2. The maximum absolute atomic E-state index is 12.6. The molecule has 1 aromatic heterocycles. The Bertz CT molecular complexity index is 949. The highest BCUT2D eigenvalue weighted by Gasteiger charge is 2.12. The zero-order chi connectivity index (χ0) is 19.4. The summed E-state index contributed by atoms with van der Waals surface area (Å²) in [6, 6.07) is 17.5. The first-order valence-corrected chi connectivity index (χ1v) is 9.02. The van der Waals surface area contributed by atoms with E-state index in [9.17, 15) is 4.79 Å². The van der Waals surface area contributed by atoms with Crippen LogP contribution in [0.5, 0.6) is 0 Å². The molecule has 0 bridgehead atoms. The molecule has 0 spiro atoms. The maximum atomic E-state index is 12.6. The van der Waals surface area contributed by atoms with Gasteiger partial charge < -0.3 is 10.6 Å². The molecule has 138 valence electrons. The number of nitrogens with one attached hydrogen (secondary N) is 2. The van der Waals surface area contributed by atoms with Crippen molar-refractivity contribution in [3.8, 4) is 0 Å². The number of anilines is 3. The second kappa shape index (κ2) is 7.99. The van der Waals surface area contributed by atoms with E-state index in [1.165, 1.54) is 5.56 Å². The molecule has 3 rings (SSSR count). The first-order chi connectivity index (χ1) is 12.9. The van der Waals surface area contributed by atoms with Crippen LogP contribution in [0.15, 0.2) is 54.6 Å². The summed E-state index contributed by atoms with van der Waals surface area (Å²) < 4.78 is 0. The zero-order valence-electron chi connectivity index (χ0n) is 16.1. The Morgan fingerprint density at radius 1 is 0.963 bits per heavy atom. The molecular formula is C22H24N4O. The van der Waals surface area contributed by atoms with Gasteiger partial charge in [-0.3, -0.25) is 4.79 Å². The predicted octanol–water partition coefficient (Wildman–Crippen LogP) is 5.21. The molecule has 0 aliphatic heterocycles. The smallest absolute Gasteiger partial charge is 0.274 e. The number of aromatic nitrogens is 2. The van der Waals surface area contributed by atoms with Crippen molar-refractivity contribution >= 4 is 23.1 Å². The fourth-order valence-electron chi connectivity index (χ4n) is 2.75. The summed E-state index contributed by atoms with van der Waals surface area (Å²) >= 11 is 0. The van der Waals surface area contributed by atoms with E-state index in [-0.39, 0.29) is 5.91 Å². The van der Waals surface area contributed by atoms with Crippen molar-refractivity contribution in [2.75, 3.05) is 10.6 Å². The number of carbonyl (C=O) groups excluding carboxylic acids is 1. The van der Waals surface area contributed by atoms with E-state index in [1.807, 2.05) is 55.5 Å². The molecule has 0 aliphatic carbocycles. The van der Waals surface area contributed by atoms with Gasteiger partial charge in [-0.25, -0.2) is 9.97 Å². The quantitative estimate of drug-likeness (QED) is 0.655. The van der Waals surface area contributed by atoms with Crippen LogP contribution in [-0.4, -0.2) is 15.9 Å². The standard InChI is InChI=1S/C22H24N4O/c1-14(2)17-9-11-18(12-10-17)25-22(27)20-13-21(24-16(4)23-20)26-19-8-6-5-7-15(19)3/h5-14H,1-4H3,(H,25,27)(H,23,24,26). The molecule has 0 radical (unpaired) electrons. The van der Waals surface area contributed by atoms with E-state index in [0.29, 0.717) is 23.3 Å². The second-order valence-electron chi connectivity index (χ2n) is 6.86. The topological polar surface area (TPSA) is 66.9 Å². The minimum absolute atomic E-state index is 0.259. The van der Waals surface area contributed by atoms with Crippen LogP contribution in [0.2, 0.25) is 0 Å². The highest BCUT2D eigenvalue weighted by Crippen LogP contribution is 2.20. The van der Waals surface area contributed by atoms with Gasteiger partial charge in [0.2, 0.25) is 0 Å². The molecular weight excluding hydrogens is 336 g/mol. The largest absolute Gasteiger partial charge is 0.340 e. The number of hydrogen-bond donors (Lipinski definition) is 2. The molecule has 3 aromatic rings. The summed E-state index contributed by atoms with van der Waals surface area (Å²) in [4.78, 5) is 21.3. The van der Waals surface area contributed by atoms with Crippen molar-refractivity contribution in [1.29, 1.82) is 0 Å². The Morgan fingerprint density at radius 2 is 1.67 bits per heavy atom. The maximum Gasteiger partial charge on any atom is 0.274 e. The van der Waals surface area contributed by atoms with Crippen molar-refractivity contribution in [3.63, 3.8) is 0 Å². The van der Waals surface area contributed by atoms with E-state index in [1.54, 1.807) is 13.0 Å². The molecule has 2 aromatic carbocycles. The summed E-state index contributed by atoms with van der Waals surface area (Å²) in [6.07, 6.45) is 0. The zero-order valence-corrected chi connectivity index (χ0v) is 16.1. The van der Waals surface area contributed by atoms with Crippen LogP contribution in [0.25, 0.3) is 0 Å². The number of benzene rings is 2. The average Bonchev–Trinajstić information content (AvgIpc) is 2.63. The van der Waals surface area contributed by atoms with E-state index in [0.717, 1.165) is 16.9 Å². The van der Waals surface area contributed by atoms with E-state index in [2.05, 4.69) is 34.4 Å². The Kier molecular flexibility index (Phi) is 5.50. The third kappa shape index (κ3) is 4.70. The van der Waals surface area contributed by atoms with Crippen molar-refractivity contribution in [3.05, 3.63) is 77.2 Å². The minimum Gasteiger partial charge on any atom is -0.340 e. The van der Waals surface area contributed by atoms with Crippen molar-refractivity contribution in [2.45, 2.75) is 33.6 Å². The molecule has 5 heteroatoms. The number of aryl methyl sites for hydroxylation is 2. The highest BCUT2D eigenvalue weighted by atomic mass is 16.1. The predicted molar refractivity (Wildman–Crippen MR) is 110 cm³/mol. The van der Waals surface area contributed by atoms with Crippen LogP contribution in [0.3, 0.4) is 0 Å². The number of amides is 1. The molecule has 5 nitrogen and oxygen atoms in total. The number of carbonyl (C=O) groups is 1. The molecule has 1 amide bonds. The third-order valence-electron chi connectivity index (χ3n) is 4.31. The lowest BCUT2D eigenvalue weighted by molar-refractivity contribution is 0.102. The van der Waals surface area contributed by atoms with Crippen LogP contribution in [0.1, 0.15) is 47.2 Å². The van der Waals surface area contributed by atoms with Crippen LogP contribution < -0.4 is 10.6 Å². The summed E-state index contributed by atoms with van der Waals surface area (Å²) in [5.74, 6) is 1.32. The van der Waals surface area contributed by atoms with Gasteiger partial charge in [0, 0.05) is 17.4 Å². The Hall–Kier alpha value is -3.21. The van der Waals surface area contributed by atoms with Gasteiger partial charge in [0.05, 0.1) is 0 Å². The molecule has 0 saturated carbocycles. The van der Waals surface area contributed by atoms with Crippen molar-refractivity contribution in [1.82, 2.24) is 9.97 Å². The number of para-hydroxylation sites is 1. The normalized spacial score (nSPS) is 10.7. The monoisotopic (exact) mass is 360 g/mol. The lowest BCUT2D eigenvalue weighted by Gasteiger charge is -2.11. The average molecular weight is 360 g/mol. The summed E-state index contributed by atoms with van der Waals surface area (Å²) in [5, 5.41) is 6.16. The van der Waals surface area contributed by atoms with Gasteiger partial charge in [-0.2, -0.15) is 0 Å². The Morgan fingerprint density at radius 3 is 2.33 bits per heavy atom. The van der Waals surface area contributed by atoms with Gasteiger partial charge in [-0.15, -0.1) is 0 Å². The Balaban J connectivity index is 1.78. The fourth-order valence-corrected chi connectivity index (χ4v) is 2.75. The van der Waals surface area contributed by atoms with Gasteiger partial charge >= 0.3 is 0 Å². The third-order valence-corrected chi connectivity index (χ3v) is 4.31. The van der Waals surface area contributed by atoms with Gasteiger partial charge in [0.1, 0.15) is 17.3 Å². The number of hydrogen-bond acceptors (Lipinski definition) is 4. The lowest BCUT2D eigenvalue weighted by Crippen LogP contribution is -2.15. The van der Waals surface area contributed by atoms with Gasteiger partial charge in [-0.1, -0.05) is 44.2 Å². The molecule has 0 saturated heterocycles. The molecule has 1 heterocycles. The number of rotatable bonds is 5. The van der Waals surface area contributed by atoms with Crippen LogP contribution in [0.4, 0.5) is 17.2 Å². The highest BCUT2D eigenvalue weighted by molar-refractivity contribution is 6.03. The van der Waals surface area contributed by atoms with Gasteiger partial charge in [0.25, 0.3) is 5.91 Å². The first-order valence-electron chi connectivity index (χ1n) is 9.02. The summed E-state index contributed by atoms with van der Waals surface area (Å²) in [5.41, 5.74) is 4.35. The summed E-state index contributed by atoms with van der Waals surface area (Å²) in [7, 11) is 0. The van der Waals surface area contributed by atoms with E-state index in [4.69, 9.17) is 0 Å². The minimum atomic E-state index is -0.259. The van der Waals surface area contributed by atoms with Crippen molar-refractivity contribution in [2.24, 2.45) is 0 Å². The molecule has 0 unspecified atom stereocenters. The van der Waals surface area contributed by atoms with E-state index < -0.39 is 0 Å². The second-order valence-corrected chi connectivity index (χ2v) is 6.86. The molecule has 2 N–H and O–H groups in total. The van der Waals surface area contributed by atoms with Crippen molar-refractivity contribution < 1.29 is 4.79 Å².